The Morgan fingerprint density at radius 3 is 2.07 bits per heavy atom. The molecular formula is C41H60N10O16S3. The van der Waals surface area contributed by atoms with E-state index in [4.69, 9.17) is 9.47 Å². The number of hydrogen-bond donors (Lipinski definition) is 13. The van der Waals surface area contributed by atoms with E-state index in [1.165, 1.54) is 39.2 Å². The zero-order valence-corrected chi connectivity index (χ0v) is 41.5. The fourth-order valence-electron chi connectivity index (χ4n) is 7.00. The van der Waals surface area contributed by atoms with Crippen molar-refractivity contribution in [3.8, 4) is 5.75 Å². The van der Waals surface area contributed by atoms with Crippen molar-refractivity contribution in [2.45, 2.75) is 56.3 Å². The summed E-state index contributed by atoms with van der Waals surface area (Å²) in [4.78, 5) is 81.5. The molecule has 0 bridgehead atoms. The maximum atomic E-state index is 13.7. The van der Waals surface area contributed by atoms with Gasteiger partial charge in [0.05, 0.1) is 57.4 Å². The number of methoxy groups -OCH3 is 1. The number of hydrogen-bond acceptors (Lipinski definition) is 19. The van der Waals surface area contributed by atoms with Crippen molar-refractivity contribution in [2.24, 2.45) is 14.1 Å². The predicted octanol–water partition coefficient (Wildman–Crippen LogP) is 0.662. The summed E-state index contributed by atoms with van der Waals surface area (Å²) in [6.45, 7) is 2.59. The lowest BCUT2D eigenvalue weighted by Gasteiger charge is -2.29. The molecule has 0 fully saturated rings. The molecule has 4 amide bonds. The average molecular weight is 1050 g/mol. The number of nitrogens with zero attached hydrogens (tertiary/aromatic N) is 3. The number of carbonyl (C=O) groups excluding carboxylic acids is 5. The number of carbonyl (C=O) groups is 5. The number of esters is 1. The second-order valence-corrected chi connectivity index (χ2v) is 20.8. The van der Waals surface area contributed by atoms with Gasteiger partial charge in [-0.2, -0.15) is 4.72 Å². The molecule has 70 heavy (non-hydrogen) atoms. The molecule has 2 aromatic heterocycles. The number of ether oxygens (including phenoxy) is 2. The summed E-state index contributed by atoms with van der Waals surface area (Å²) >= 11 is 0. The molecule has 388 valence electrons. The van der Waals surface area contributed by atoms with E-state index < -0.39 is 103 Å². The summed E-state index contributed by atoms with van der Waals surface area (Å²) in [6, 6.07) is 3.33. The van der Waals surface area contributed by atoms with Crippen LogP contribution in [0.2, 0.25) is 0 Å². The van der Waals surface area contributed by atoms with Crippen LogP contribution in [-0.2, 0) is 54.6 Å². The molecule has 0 unspecified atom stereocenters. The fourth-order valence-corrected chi connectivity index (χ4v) is 10.1. The van der Waals surface area contributed by atoms with Gasteiger partial charge < -0.3 is 77.8 Å². The maximum Gasteiger partial charge on any atom is 0.325 e. The minimum Gasteiger partial charge on any atom is -0.494 e. The van der Waals surface area contributed by atoms with E-state index in [9.17, 15) is 64.5 Å². The Hall–Kier alpha value is -5.86. The van der Waals surface area contributed by atoms with Crippen LogP contribution in [0.3, 0.4) is 0 Å². The number of imidazole rings is 1. The summed E-state index contributed by atoms with van der Waals surface area (Å²) < 4.78 is 100. The third-order valence-electron chi connectivity index (χ3n) is 10.4. The molecule has 4 aromatic rings. The van der Waals surface area contributed by atoms with Crippen LogP contribution in [0, 0.1) is 13.8 Å². The van der Waals surface area contributed by atoms with Crippen molar-refractivity contribution in [1.29, 1.82) is 0 Å². The largest absolute Gasteiger partial charge is 0.494 e. The lowest BCUT2D eigenvalue weighted by Crippen LogP contribution is -2.55. The van der Waals surface area contributed by atoms with Crippen molar-refractivity contribution >= 4 is 78.2 Å². The van der Waals surface area contributed by atoms with Crippen LogP contribution in [0.15, 0.2) is 58.6 Å². The number of fused-ring (bicyclic) bond motifs is 1. The number of anilines is 1. The summed E-state index contributed by atoms with van der Waals surface area (Å²) in [5.74, 6) is -5.23. The zero-order valence-electron chi connectivity index (χ0n) is 39.0. The Bertz CT molecular complexity index is 2680. The van der Waals surface area contributed by atoms with Crippen LogP contribution in [0.1, 0.15) is 39.9 Å². The SMILES string of the molecule is CN[C@@H](CS(O)(O)O)C(=O)N[C@@H](CS(O)(O)O)C(=O)NCCNC(=O)CCCOc1cc(C)c(S(=O)(=O)N[C@@H](CNC(=O)c2cn(C)c3cc(CNc4nccn4C)ccc3c2=O)C(=O)OC)c(C)c1. The molecule has 29 heteroatoms. The third-order valence-corrected chi connectivity index (χ3v) is 13.7. The number of amides is 4. The van der Waals surface area contributed by atoms with Gasteiger partial charge in [-0.1, -0.05) is 6.07 Å². The molecule has 2 heterocycles. The van der Waals surface area contributed by atoms with Crippen LogP contribution < -0.4 is 46.8 Å². The average Bonchev–Trinajstić information content (AvgIpc) is 3.69. The maximum absolute atomic E-state index is 13.7. The highest BCUT2D eigenvalue weighted by Crippen LogP contribution is 2.34. The molecule has 0 aliphatic rings. The first-order valence-electron chi connectivity index (χ1n) is 21.2. The number of aromatic nitrogens is 3. The van der Waals surface area contributed by atoms with Gasteiger partial charge in [0.2, 0.25) is 39.1 Å². The second-order valence-electron chi connectivity index (χ2n) is 15.9. The first-order chi connectivity index (χ1) is 32.7. The molecule has 4 rings (SSSR count). The molecule has 13 N–H and O–H groups in total. The number of rotatable bonds is 26. The van der Waals surface area contributed by atoms with Gasteiger partial charge >= 0.3 is 5.97 Å². The lowest BCUT2D eigenvalue weighted by molar-refractivity contribution is -0.142. The summed E-state index contributed by atoms with van der Waals surface area (Å²) in [5.41, 5.74) is 1.07. The molecule has 0 saturated carbocycles. The van der Waals surface area contributed by atoms with E-state index in [1.54, 1.807) is 42.2 Å². The first-order valence-corrected chi connectivity index (χ1v) is 26.0. The number of nitrogens with one attached hydrogen (secondary N) is 7. The number of aryl methyl sites for hydroxylation is 4. The van der Waals surface area contributed by atoms with Crippen LogP contribution >= 0.6 is 21.7 Å². The lowest BCUT2D eigenvalue weighted by atomic mass is 10.1. The number of likely N-dealkylation sites (N-methyl/N-ethyl adjacent to an activating group) is 1. The van der Waals surface area contributed by atoms with Gasteiger partial charge in [-0.15, -0.1) is 0 Å². The van der Waals surface area contributed by atoms with E-state index in [0.717, 1.165) is 12.7 Å². The standard InChI is InChI=1S/C41H60N10O16S3/c1-24-16-27(67-15-7-8-34(52)43-11-12-44-38(55)32(23-69(61,62)63)48-39(56)31(42-3)22-68(58,59)60)17-25(2)36(24)70(64,65)49-30(40(57)66-6)20-46-37(54)29-21-51(5)33-18-26(9-10-28(33)35(29)53)19-47-41-45-13-14-50(41)4/h9-10,13-14,16-18,21,30-32,42,49,58-63H,7-8,11-12,15,19-20,22-23H2,1-6H3,(H,43,52)(H,44,55)(H,45,47)(H,46,54)(H,48,56)/t30-,31-,32-/m0/s1. The topological polar surface area (TPSA) is 383 Å². The van der Waals surface area contributed by atoms with Crippen LogP contribution in [-0.4, -0.2) is 149 Å². The molecule has 0 aliphatic heterocycles. The highest BCUT2D eigenvalue weighted by molar-refractivity contribution is 8.19. The van der Waals surface area contributed by atoms with E-state index in [-0.39, 0.29) is 65.3 Å². The minimum absolute atomic E-state index is 0.0247. The summed E-state index contributed by atoms with van der Waals surface area (Å²) in [6.07, 6.45) is 4.98. The van der Waals surface area contributed by atoms with Crippen LogP contribution in [0.5, 0.6) is 5.75 Å². The van der Waals surface area contributed by atoms with Crippen molar-refractivity contribution in [3.63, 3.8) is 0 Å². The Labute approximate surface area is 406 Å². The van der Waals surface area contributed by atoms with Crippen molar-refractivity contribution in [2.75, 3.05) is 57.2 Å². The highest BCUT2D eigenvalue weighted by atomic mass is 32.3. The monoisotopic (exact) mass is 1040 g/mol. The van der Waals surface area contributed by atoms with Crippen LogP contribution in [0.25, 0.3) is 10.9 Å². The van der Waals surface area contributed by atoms with Gasteiger partial charge in [-0.25, -0.2) is 13.4 Å². The molecule has 0 saturated heterocycles. The zero-order chi connectivity index (χ0) is 52.1. The molecule has 0 radical (unpaired) electrons. The molecule has 26 nitrogen and oxygen atoms in total. The Morgan fingerprint density at radius 2 is 1.47 bits per heavy atom. The van der Waals surface area contributed by atoms with Gasteiger partial charge in [0, 0.05) is 70.7 Å². The molecule has 0 aliphatic carbocycles. The van der Waals surface area contributed by atoms with E-state index in [0.29, 0.717) is 18.0 Å². The molecule has 0 spiro atoms. The Morgan fingerprint density at radius 1 is 0.829 bits per heavy atom. The van der Waals surface area contributed by atoms with E-state index >= 15 is 0 Å². The highest BCUT2D eigenvalue weighted by Gasteiger charge is 2.33. The summed E-state index contributed by atoms with van der Waals surface area (Å²) in [7, 11) is -7.05. The molecular weight excluding hydrogens is 985 g/mol. The first kappa shape index (κ1) is 56.7. The Balaban J connectivity index is 1.28. The number of sulfonamides is 1. The van der Waals surface area contributed by atoms with Gasteiger partial charge in [0.1, 0.15) is 29.4 Å². The Kier molecular flexibility index (Phi) is 20.1. The van der Waals surface area contributed by atoms with Crippen LogP contribution in [0.4, 0.5) is 5.95 Å². The number of pyridine rings is 1. The van der Waals surface area contributed by atoms with Gasteiger partial charge in [0.15, 0.2) is 0 Å². The normalized spacial score (nSPS) is 13.7. The smallest absolute Gasteiger partial charge is 0.325 e. The quantitative estimate of drug-likeness (QED) is 0.0303. The number of benzene rings is 2. The molecule has 2 aromatic carbocycles. The summed E-state index contributed by atoms with van der Waals surface area (Å²) in [5, 5.41) is 15.4. The van der Waals surface area contributed by atoms with Crippen molar-refractivity contribution in [3.05, 3.63) is 81.4 Å². The van der Waals surface area contributed by atoms with Crippen molar-refractivity contribution < 1.29 is 69.2 Å². The second kappa shape index (κ2) is 24.8. The van der Waals surface area contributed by atoms with E-state index in [2.05, 4.69) is 41.6 Å². The van der Waals surface area contributed by atoms with Gasteiger partial charge in [0.25, 0.3) is 5.91 Å². The predicted molar refractivity (Wildman–Crippen MR) is 260 cm³/mol. The van der Waals surface area contributed by atoms with Gasteiger partial charge in [-0.3, -0.25) is 28.8 Å². The van der Waals surface area contributed by atoms with Crippen molar-refractivity contribution in [1.82, 2.24) is 45.4 Å². The van der Waals surface area contributed by atoms with Gasteiger partial charge in [-0.05, 0) is 68.3 Å². The third kappa shape index (κ3) is 16.6. The van der Waals surface area contributed by atoms with E-state index in [1.807, 2.05) is 11.6 Å². The minimum atomic E-state index is -4.45. The fraction of sp³-hybridized carbons (Fsp3) is 0.439. The molecule has 3 atom stereocenters.